The fourth-order valence-corrected chi connectivity index (χ4v) is 2.62. The van der Waals surface area contributed by atoms with Crippen molar-refractivity contribution in [2.45, 2.75) is 52.0 Å². The maximum absolute atomic E-state index is 12.7. The third-order valence-electron chi connectivity index (χ3n) is 4.39. The Morgan fingerprint density at radius 3 is 2.30 bits per heavy atom. The third kappa shape index (κ3) is 4.03. The van der Waals surface area contributed by atoms with Crippen molar-refractivity contribution in [2.24, 2.45) is 0 Å². The van der Waals surface area contributed by atoms with Crippen molar-refractivity contribution in [3.63, 3.8) is 0 Å². The van der Waals surface area contributed by atoms with Gasteiger partial charge in [0.25, 0.3) is 0 Å². The zero-order valence-corrected chi connectivity index (χ0v) is 14.9. The third-order valence-corrected chi connectivity index (χ3v) is 4.39. The average Bonchev–Trinajstić information content (AvgIpc) is 2.57. The van der Waals surface area contributed by atoms with Crippen LogP contribution in [0.1, 0.15) is 50.7 Å². The van der Waals surface area contributed by atoms with Gasteiger partial charge < -0.3 is 14.8 Å². The number of esters is 1. The van der Waals surface area contributed by atoms with E-state index in [-0.39, 0.29) is 5.91 Å². The lowest BCUT2D eigenvalue weighted by Gasteiger charge is -2.31. The highest BCUT2D eigenvalue weighted by Crippen LogP contribution is 2.29. The van der Waals surface area contributed by atoms with Gasteiger partial charge >= 0.3 is 5.97 Å². The first kappa shape index (κ1) is 19.0. The fourth-order valence-electron chi connectivity index (χ4n) is 2.62. The van der Waals surface area contributed by atoms with E-state index in [0.717, 1.165) is 11.1 Å². The summed E-state index contributed by atoms with van der Waals surface area (Å²) in [6.07, 6.45) is 0.944. The second kappa shape index (κ2) is 7.99. The number of rotatable bonds is 7. The summed E-state index contributed by atoms with van der Waals surface area (Å²) in [7, 11) is 2.92. The molecule has 1 N–H and O–H groups in total. The van der Waals surface area contributed by atoms with Crippen LogP contribution >= 0.6 is 0 Å². The molecule has 1 rings (SSSR count). The molecule has 0 aliphatic rings. The van der Waals surface area contributed by atoms with Gasteiger partial charge in [-0.3, -0.25) is 4.79 Å². The Balaban J connectivity index is 3.07. The minimum absolute atomic E-state index is 0.221. The van der Waals surface area contributed by atoms with E-state index >= 15 is 0 Å². The summed E-state index contributed by atoms with van der Waals surface area (Å²) in [4.78, 5) is 24.8. The lowest BCUT2D eigenvalue weighted by Crippen LogP contribution is -2.55. The number of hydrogen-bond donors (Lipinski definition) is 1. The van der Waals surface area contributed by atoms with Gasteiger partial charge in [-0.05, 0) is 38.3 Å². The van der Waals surface area contributed by atoms with Crippen molar-refractivity contribution in [3.8, 4) is 5.75 Å². The second-order valence-electron chi connectivity index (χ2n) is 5.74. The molecule has 23 heavy (non-hydrogen) atoms. The molecule has 5 heteroatoms. The number of carbonyl (C=O) groups excluding carboxylic acids is 2. The quantitative estimate of drug-likeness (QED) is 0.784. The SMILES string of the molecule is CCC(CC)(NC(=O)C(C)c1ccc(C)cc1OC)C(=O)OC. The van der Waals surface area contributed by atoms with Crippen LogP contribution < -0.4 is 10.1 Å². The van der Waals surface area contributed by atoms with Crippen molar-refractivity contribution in [1.29, 1.82) is 0 Å². The van der Waals surface area contributed by atoms with Gasteiger partial charge in [0.15, 0.2) is 0 Å². The maximum atomic E-state index is 12.7. The number of carbonyl (C=O) groups is 2. The van der Waals surface area contributed by atoms with Crippen molar-refractivity contribution in [2.75, 3.05) is 14.2 Å². The molecule has 1 atom stereocenters. The smallest absolute Gasteiger partial charge is 0.331 e. The molecule has 0 spiro atoms. The minimum atomic E-state index is -0.988. The molecule has 0 heterocycles. The molecule has 0 saturated heterocycles. The van der Waals surface area contributed by atoms with Crippen LogP contribution in [0, 0.1) is 6.92 Å². The summed E-state index contributed by atoms with van der Waals surface area (Å²) in [6, 6.07) is 5.72. The van der Waals surface area contributed by atoms with E-state index in [4.69, 9.17) is 9.47 Å². The van der Waals surface area contributed by atoms with Gasteiger partial charge in [-0.2, -0.15) is 0 Å². The van der Waals surface area contributed by atoms with Crippen molar-refractivity contribution >= 4 is 11.9 Å². The summed E-state index contributed by atoms with van der Waals surface area (Å²) in [5, 5.41) is 2.88. The van der Waals surface area contributed by atoms with Gasteiger partial charge in [-0.25, -0.2) is 4.79 Å². The molecule has 128 valence electrons. The van der Waals surface area contributed by atoms with E-state index in [1.54, 1.807) is 14.0 Å². The Bertz CT molecular complexity index is 564. The first-order valence-corrected chi connectivity index (χ1v) is 7.90. The Morgan fingerprint density at radius 1 is 1.22 bits per heavy atom. The standard InChI is InChI=1S/C18H27NO4/c1-7-18(8-2,17(21)23-6)19-16(20)13(4)14-10-9-12(3)11-15(14)22-5/h9-11,13H,7-8H2,1-6H3,(H,19,20). The average molecular weight is 321 g/mol. The summed E-state index contributed by atoms with van der Waals surface area (Å²) < 4.78 is 10.2. The van der Waals surface area contributed by atoms with Gasteiger partial charge in [0.2, 0.25) is 5.91 Å². The Hall–Kier alpha value is -2.04. The van der Waals surface area contributed by atoms with Crippen LogP contribution in [0.4, 0.5) is 0 Å². The maximum Gasteiger partial charge on any atom is 0.331 e. The van der Waals surface area contributed by atoms with E-state index in [2.05, 4.69) is 5.32 Å². The number of benzene rings is 1. The number of aryl methyl sites for hydroxylation is 1. The predicted octanol–water partition coefficient (Wildman–Crippen LogP) is 2.96. The van der Waals surface area contributed by atoms with Crippen LogP contribution in [-0.4, -0.2) is 31.6 Å². The van der Waals surface area contributed by atoms with Crippen molar-refractivity contribution in [3.05, 3.63) is 29.3 Å². The summed E-state index contributed by atoms with van der Waals surface area (Å²) in [5.41, 5.74) is 0.865. The molecule has 0 aliphatic carbocycles. The number of amides is 1. The number of hydrogen-bond acceptors (Lipinski definition) is 4. The number of ether oxygens (including phenoxy) is 2. The number of methoxy groups -OCH3 is 2. The Labute approximate surface area is 138 Å². The largest absolute Gasteiger partial charge is 0.496 e. The molecule has 0 radical (unpaired) electrons. The van der Waals surface area contributed by atoms with Crippen molar-refractivity contribution in [1.82, 2.24) is 5.32 Å². The molecule has 1 aromatic carbocycles. The van der Waals surface area contributed by atoms with Crippen LogP contribution in [-0.2, 0) is 14.3 Å². The van der Waals surface area contributed by atoms with E-state index in [1.807, 2.05) is 39.0 Å². The Kier molecular flexibility index (Phi) is 6.61. The molecule has 0 aromatic heterocycles. The molecule has 0 fully saturated rings. The lowest BCUT2D eigenvalue weighted by atomic mass is 9.90. The van der Waals surface area contributed by atoms with E-state index in [0.29, 0.717) is 18.6 Å². The minimum Gasteiger partial charge on any atom is -0.496 e. The first-order chi connectivity index (χ1) is 10.8. The summed E-state index contributed by atoms with van der Waals surface area (Å²) >= 11 is 0. The monoisotopic (exact) mass is 321 g/mol. The van der Waals surface area contributed by atoms with Gasteiger partial charge in [0, 0.05) is 5.56 Å². The van der Waals surface area contributed by atoms with Gasteiger partial charge in [0.05, 0.1) is 20.1 Å². The van der Waals surface area contributed by atoms with Gasteiger partial charge in [0.1, 0.15) is 11.3 Å². The van der Waals surface area contributed by atoms with E-state index < -0.39 is 17.4 Å². The van der Waals surface area contributed by atoms with Crippen LogP contribution in [0.3, 0.4) is 0 Å². The van der Waals surface area contributed by atoms with Gasteiger partial charge in [-0.1, -0.05) is 26.0 Å². The summed E-state index contributed by atoms with van der Waals surface area (Å²) in [6.45, 7) is 7.49. The molecule has 0 aliphatic heterocycles. The van der Waals surface area contributed by atoms with Crippen LogP contribution in [0.5, 0.6) is 5.75 Å². The van der Waals surface area contributed by atoms with E-state index in [9.17, 15) is 9.59 Å². The predicted molar refractivity (Wildman–Crippen MR) is 89.6 cm³/mol. The number of nitrogens with one attached hydrogen (secondary N) is 1. The van der Waals surface area contributed by atoms with Crippen molar-refractivity contribution < 1.29 is 19.1 Å². The molecular formula is C18H27NO4. The topological polar surface area (TPSA) is 64.6 Å². The van der Waals surface area contributed by atoms with Crippen LogP contribution in [0.25, 0.3) is 0 Å². The van der Waals surface area contributed by atoms with Crippen LogP contribution in [0.15, 0.2) is 18.2 Å². The molecule has 0 bridgehead atoms. The highest BCUT2D eigenvalue weighted by Gasteiger charge is 2.38. The molecule has 5 nitrogen and oxygen atoms in total. The zero-order valence-electron chi connectivity index (χ0n) is 14.9. The van der Waals surface area contributed by atoms with E-state index in [1.165, 1.54) is 7.11 Å². The lowest BCUT2D eigenvalue weighted by molar-refractivity contribution is -0.151. The first-order valence-electron chi connectivity index (χ1n) is 7.90. The summed E-state index contributed by atoms with van der Waals surface area (Å²) in [5.74, 6) is -0.405. The second-order valence-corrected chi connectivity index (χ2v) is 5.74. The fraction of sp³-hybridized carbons (Fsp3) is 0.556. The molecule has 1 aromatic rings. The Morgan fingerprint density at radius 2 is 1.83 bits per heavy atom. The molecule has 1 amide bonds. The van der Waals surface area contributed by atoms with Gasteiger partial charge in [-0.15, -0.1) is 0 Å². The molecule has 1 unspecified atom stereocenters. The highest BCUT2D eigenvalue weighted by molar-refractivity contribution is 5.91. The normalized spacial score (nSPS) is 12.4. The zero-order chi connectivity index (χ0) is 17.6. The molecule has 0 saturated carbocycles. The van der Waals surface area contributed by atoms with Crippen LogP contribution in [0.2, 0.25) is 0 Å². The molecular weight excluding hydrogens is 294 g/mol. The highest BCUT2D eigenvalue weighted by atomic mass is 16.5.